The zero-order valence-corrected chi connectivity index (χ0v) is 11.1. The third-order valence-electron chi connectivity index (χ3n) is 2.36. The molecule has 0 saturated heterocycles. The Morgan fingerprint density at radius 2 is 1.75 bits per heavy atom. The van der Waals surface area contributed by atoms with Crippen molar-refractivity contribution >= 4 is 5.91 Å². The molecule has 0 aromatic heterocycles. The fraction of sp³-hybridized carbons (Fsp3) is 0.923. The lowest BCUT2D eigenvalue weighted by Crippen LogP contribution is -2.25. The van der Waals surface area contributed by atoms with E-state index in [1.165, 1.54) is 25.7 Å². The maximum absolute atomic E-state index is 11.3. The summed E-state index contributed by atoms with van der Waals surface area (Å²) in [6.45, 7) is 6.90. The molecule has 16 heavy (non-hydrogen) atoms. The van der Waals surface area contributed by atoms with E-state index in [0.29, 0.717) is 18.9 Å². The first-order chi connectivity index (χ1) is 7.66. The molecule has 0 rings (SSSR count). The highest BCUT2D eigenvalue weighted by Gasteiger charge is 2.01. The molecule has 0 atom stereocenters. The Morgan fingerprint density at radius 1 is 1.12 bits per heavy atom. The Morgan fingerprint density at radius 3 is 2.38 bits per heavy atom. The van der Waals surface area contributed by atoms with Crippen LogP contribution in [0.2, 0.25) is 0 Å². The topological polar surface area (TPSA) is 38.3 Å². The Hall–Kier alpha value is -0.570. The van der Waals surface area contributed by atoms with Gasteiger partial charge in [0, 0.05) is 6.42 Å². The number of hydroxylamine groups is 1. The van der Waals surface area contributed by atoms with Crippen LogP contribution in [0.1, 0.15) is 65.7 Å². The second-order valence-electron chi connectivity index (χ2n) is 4.75. The van der Waals surface area contributed by atoms with Crippen LogP contribution in [0.3, 0.4) is 0 Å². The highest BCUT2D eigenvalue weighted by Crippen LogP contribution is 2.06. The van der Waals surface area contributed by atoms with Crippen molar-refractivity contribution < 1.29 is 9.63 Å². The first-order valence-electron chi connectivity index (χ1n) is 6.57. The van der Waals surface area contributed by atoms with E-state index in [-0.39, 0.29) is 5.91 Å². The number of rotatable bonds is 10. The second-order valence-corrected chi connectivity index (χ2v) is 4.75. The van der Waals surface area contributed by atoms with Crippen molar-refractivity contribution in [2.24, 2.45) is 5.92 Å². The normalized spacial score (nSPS) is 10.8. The Bertz CT molecular complexity index is 169. The molecule has 3 heteroatoms. The quantitative estimate of drug-likeness (QED) is 0.460. The van der Waals surface area contributed by atoms with Gasteiger partial charge in [0.2, 0.25) is 5.91 Å². The van der Waals surface area contributed by atoms with Gasteiger partial charge in [-0.2, -0.15) is 0 Å². The van der Waals surface area contributed by atoms with Crippen LogP contribution < -0.4 is 5.48 Å². The molecule has 0 fully saturated rings. The lowest BCUT2D eigenvalue weighted by molar-refractivity contribution is -0.134. The molecule has 0 aliphatic carbocycles. The number of hydrogen-bond donors (Lipinski definition) is 1. The van der Waals surface area contributed by atoms with Crippen LogP contribution in [0.4, 0.5) is 0 Å². The van der Waals surface area contributed by atoms with Crippen LogP contribution in [-0.2, 0) is 9.63 Å². The molecule has 1 N–H and O–H groups in total. The van der Waals surface area contributed by atoms with Crippen LogP contribution in [0.5, 0.6) is 0 Å². The zero-order chi connectivity index (χ0) is 12.2. The number of carbonyl (C=O) groups is 1. The van der Waals surface area contributed by atoms with Crippen molar-refractivity contribution in [1.29, 1.82) is 0 Å². The Labute approximate surface area is 99.9 Å². The van der Waals surface area contributed by atoms with Crippen molar-refractivity contribution in [3.8, 4) is 0 Å². The van der Waals surface area contributed by atoms with Crippen LogP contribution in [0, 0.1) is 5.92 Å². The Balaban J connectivity index is 3.17. The van der Waals surface area contributed by atoms with Crippen LogP contribution in [-0.4, -0.2) is 12.5 Å². The molecule has 0 aromatic carbocycles. The standard InChI is InChI=1S/C13H27NO2/c1-4-5-6-7-8-9-10-13(15)14-16-11-12(2)3/h12H,4-11H2,1-3H3,(H,14,15). The summed E-state index contributed by atoms with van der Waals surface area (Å²) >= 11 is 0. The lowest BCUT2D eigenvalue weighted by Gasteiger charge is -2.07. The summed E-state index contributed by atoms with van der Waals surface area (Å²) in [6.07, 6.45) is 7.82. The predicted molar refractivity (Wildman–Crippen MR) is 66.9 cm³/mol. The molecule has 0 unspecified atom stereocenters. The van der Waals surface area contributed by atoms with Crippen molar-refractivity contribution in [1.82, 2.24) is 5.48 Å². The molecule has 0 bridgehead atoms. The van der Waals surface area contributed by atoms with Gasteiger partial charge in [0.05, 0.1) is 6.61 Å². The average molecular weight is 229 g/mol. The SMILES string of the molecule is CCCCCCCCC(=O)NOCC(C)C. The molecular formula is C13H27NO2. The highest BCUT2D eigenvalue weighted by molar-refractivity contribution is 5.74. The average Bonchev–Trinajstić information content (AvgIpc) is 2.22. The van der Waals surface area contributed by atoms with Gasteiger partial charge in [-0.15, -0.1) is 0 Å². The summed E-state index contributed by atoms with van der Waals surface area (Å²) in [5.74, 6) is 0.463. The van der Waals surface area contributed by atoms with Crippen molar-refractivity contribution in [2.45, 2.75) is 65.7 Å². The minimum atomic E-state index is 0.0103. The smallest absolute Gasteiger partial charge is 0.243 e. The van der Waals surface area contributed by atoms with Gasteiger partial charge in [-0.25, -0.2) is 5.48 Å². The molecule has 3 nitrogen and oxygen atoms in total. The van der Waals surface area contributed by atoms with Crippen molar-refractivity contribution in [3.63, 3.8) is 0 Å². The minimum Gasteiger partial charge on any atom is -0.273 e. The van der Waals surface area contributed by atoms with Crippen LogP contribution in [0.15, 0.2) is 0 Å². The van der Waals surface area contributed by atoms with Gasteiger partial charge in [-0.1, -0.05) is 52.9 Å². The van der Waals surface area contributed by atoms with Gasteiger partial charge in [0.25, 0.3) is 0 Å². The maximum atomic E-state index is 11.3. The summed E-state index contributed by atoms with van der Waals surface area (Å²) in [5.41, 5.74) is 2.48. The molecule has 96 valence electrons. The summed E-state index contributed by atoms with van der Waals surface area (Å²) < 4.78 is 0. The number of unbranched alkanes of at least 4 members (excludes halogenated alkanes) is 5. The van der Waals surface area contributed by atoms with Gasteiger partial charge in [-0.05, 0) is 12.3 Å². The van der Waals surface area contributed by atoms with Gasteiger partial charge >= 0.3 is 0 Å². The predicted octanol–water partition coefficient (Wildman–Crippen LogP) is 3.44. The molecule has 0 aliphatic heterocycles. The van der Waals surface area contributed by atoms with Gasteiger partial charge in [0.1, 0.15) is 0 Å². The molecule has 0 spiro atoms. The second kappa shape index (κ2) is 10.9. The molecule has 0 heterocycles. The largest absolute Gasteiger partial charge is 0.273 e. The van der Waals surface area contributed by atoms with E-state index in [2.05, 4.69) is 26.3 Å². The third-order valence-corrected chi connectivity index (χ3v) is 2.36. The number of hydrogen-bond acceptors (Lipinski definition) is 2. The first kappa shape index (κ1) is 15.4. The van der Waals surface area contributed by atoms with Gasteiger partial charge in [0.15, 0.2) is 0 Å². The van der Waals surface area contributed by atoms with Crippen LogP contribution in [0.25, 0.3) is 0 Å². The summed E-state index contributed by atoms with van der Waals surface area (Å²) in [7, 11) is 0. The highest BCUT2D eigenvalue weighted by atomic mass is 16.6. The fourth-order valence-electron chi connectivity index (χ4n) is 1.41. The lowest BCUT2D eigenvalue weighted by atomic mass is 10.1. The molecule has 1 amide bonds. The molecule has 0 aromatic rings. The fourth-order valence-corrected chi connectivity index (χ4v) is 1.41. The van der Waals surface area contributed by atoms with Crippen LogP contribution >= 0.6 is 0 Å². The van der Waals surface area contributed by atoms with Gasteiger partial charge < -0.3 is 0 Å². The minimum absolute atomic E-state index is 0.0103. The van der Waals surface area contributed by atoms with E-state index in [1.54, 1.807) is 0 Å². The number of nitrogens with one attached hydrogen (secondary N) is 1. The molecule has 0 radical (unpaired) electrons. The zero-order valence-electron chi connectivity index (χ0n) is 11.1. The van der Waals surface area contributed by atoms with E-state index in [4.69, 9.17) is 4.84 Å². The van der Waals surface area contributed by atoms with E-state index in [9.17, 15) is 4.79 Å². The number of amides is 1. The first-order valence-corrected chi connectivity index (χ1v) is 6.57. The van der Waals surface area contributed by atoms with E-state index in [0.717, 1.165) is 12.8 Å². The Kier molecular flexibility index (Phi) is 10.5. The van der Waals surface area contributed by atoms with E-state index in [1.807, 2.05) is 0 Å². The van der Waals surface area contributed by atoms with E-state index >= 15 is 0 Å². The maximum Gasteiger partial charge on any atom is 0.243 e. The molecular weight excluding hydrogens is 202 g/mol. The van der Waals surface area contributed by atoms with E-state index < -0.39 is 0 Å². The van der Waals surface area contributed by atoms with Crippen molar-refractivity contribution in [3.05, 3.63) is 0 Å². The summed E-state index contributed by atoms with van der Waals surface area (Å²) in [5, 5.41) is 0. The van der Waals surface area contributed by atoms with Crippen molar-refractivity contribution in [2.75, 3.05) is 6.61 Å². The third kappa shape index (κ3) is 11.5. The number of carbonyl (C=O) groups excluding carboxylic acids is 1. The summed E-state index contributed by atoms with van der Waals surface area (Å²) in [6, 6.07) is 0. The summed E-state index contributed by atoms with van der Waals surface area (Å²) in [4.78, 5) is 16.3. The molecule has 0 saturated carbocycles. The monoisotopic (exact) mass is 229 g/mol. The molecule has 0 aliphatic rings. The van der Waals surface area contributed by atoms with Gasteiger partial charge in [-0.3, -0.25) is 9.63 Å².